The van der Waals surface area contributed by atoms with Gasteiger partial charge in [-0.2, -0.15) is 0 Å². The van der Waals surface area contributed by atoms with E-state index in [-0.39, 0.29) is 0 Å². The minimum absolute atomic E-state index is 0.667. The number of nitrogens with one attached hydrogen (secondary N) is 2. The molecule has 10 heteroatoms. The number of hydrogen-bond donors (Lipinski definition) is 2. The standard InChI is InChI=1S/C38H20N10/c1-5-21-29(39-15-1)30-22(6-2-16-40-30)34-33(21)45-37(46-34)25-13-11-19-9-10-20-12-14-26(44-28(20)27(19)43-25)38-47-35-23-7-3-17-41-31(23)32-24(36(35)48-38)8-4-18-42-32/h1-18H,(H,45,46)(H,47,48). The monoisotopic (exact) mass is 616 g/mol. The molecule has 3 aromatic carbocycles. The smallest absolute Gasteiger partial charge is 0.157 e. The molecule has 0 amide bonds. The van der Waals surface area contributed by atoms with Crippen LogP contribution in [0.3, 0.4) is 0 Å². The highest BCUT2D eigenvalue weighted by molar-refractivity contribution is 6.22. The van der Waals surface area contributed by atoms with Crippen LogP contribution in [0.4, 0.5) is 0 Å². The number of benzene rings is 3. The van der Waals surface area contributed by atoms with Crippen LogP contribution in [0.15, 0.2) is 110 Å². The van der Waals surface area contributed by atoms with Crippen molar-refractivity contribution in [1.29, 1.82) is 0 Å². The van der Waals surface area contributed by atoms with Gasteiger partial charge >= 0.3 is 0 Å². The quantitative estimate of drug-likeness (QED) is 0.186. The Hall–Kier alpha value is -6.94. The fourth-order valence-corrected chi connectivity index (χ4v) is 6.96. The topological polar surface area (TPSA) is 135 Å². The van der Waals surface area contributed by atoms with Crippen molar-refractivity contribution in [3.8, 4) is 23.0 Å². The predicted octanol–water partition coefficient (Wildman–Crippen LogP) is 8.06. The van der Waals surface area contributed by atoms with E-state index in [9.17, 15) is 0 Å². The molecule has 0 fully saturated rings. The van der Waals surface area contributed by atoms with E-state index in [1.165, 1.54) is 0 Å². The van der Waals surface area contributed by atoms with Gasteiger partial charge in [0.2, 0.25) is 0 Å². The lowest BCUT2D eigenvalue weighted by Gasteiger charge is -2.06. The number of rotatable bonds is 2. The summed E-state index contributed by atoms with van der Waals surface area (Å²) in [5.41, 5.74) is 9.81. The van der Waals surface area contributed by atoms with Crippen LogP contribution < -0.4 is 0 Å². The summed E-state index contributed by atoms with van der Waals surface area (Å²) >= 11 is 0. The van der Waals surface area contributed by atoms with Crippen LogP contribution in [0.2, 0.25) is 0 Å². The van der Waals surface area contributed by atoms with Gasteiger partial charge in [0, 0.05) is 57.1 Å². The van der Waals surface area contributed by atoms with Gasteiger partial charge in [-0.1, -0.05) is 24.3 Å². The first kappa shape index (κ1) is 25.3. The average Bonchev–Trinajstić information content (AvgIpc) is 3.82. The van der Waals surface area contributed by atoms with Gasteiger partial charge in [-0.15, -0.1) is 0 Å². The maximum absolute atomic E-state index is 5.15. The van der Waals surface area contributed by atoms with Crippen molar-refractivity contribution in [2.75, 3.05) is 0 Å². The van der Waals surface area contributed by atoms with Gasteiger partial charge < -0.3 is 9.97 Å². The molecule has 222 valence electrons. The molecule has 10 nitrogen and oxygen atoms in total. The Morgan fingerprint density at radius 1 is 0.333 bits per heavy atom. The first-order valence-electron chi connectivity index (χ1n) is 15.5. The Kier molecular flexibility index (Phi) is 4.90. The fourth-order valence-electron chi connectivity index (χ4n) is 6.96. The molecule has 8 heterocycles. The lowest BCUT2D eigenvalue weighted by atomic mass is 10.1. The molecule has 0 saturated carbocycles. The summed E-state index contributed by atoms with van der Waals surface area (Å²) in [6, 6.07) is 28.2. The normalized spacial score (nSPS) is 12.2. The summed E-state index contributed by atoms with van der Waals surface area (Å²) in [6.07, 6.45) is 7.16. The highest BCUT2D eigenvalue weighted by Gasteiger charge is 2.18. The Morgan fingerprint density at radius 3 is 1.15 bits per heavy atom. The molecule has 0 radical (unpaired) electrons. The van der Waals surface area contributed by atoms with Gasteiger partial charge in [0.1, 0.15) is 11.4 Å². The maximum atomic E-state index is 5.15. The number of aromatic amines is 2. The number of pyridine rings is 6. The molecule has 0 spiro atoms. The molecule has 0 aliphatic rings. The number of H-pyrrole nitrogens is 2. The van der Waals surface area contributed by atoms with Gasteiger partial charge in [-0.3, -0.25) is 19.9 Å². The van der Waals surface area contributed by atoms with Crippen LogP contribution in [0.5, 0.6) is 0 Å². The number of imidazole rings is 2. The third-order valence-corrected chi connectivity index (χ3v) is 9.14. The van der Waals surface area contributed by atoms with Gasteiger partial charge in [-0.25, -0.2) is 19.9 Å². The number of hydrogen-bond acceptors (Lipinski definition) is 8. The molecule has 11 rings (SSSR count). The third-order valence-electron chi connectivity index (χ3n) is 9.14. The van der Waals surface area contributed by atoms with Crippen molar-refractivity contribution >= 4 is 87.5 Å². The first-order chi connectivity index (χ1) is 23.8. The van der Waals surface area contributed by atoms with Crippen LogP contribution in [-0.2, 0) is 0 Å². The van der Waals surface area contributed by atoms with E-state index in [1.54, 1.807) is 24.8 Å². The summed E-state index contributed by atoms with van der Waals surface area (Å²) in [6.45, 7) is 0. The van der Waals surface area contributed by atoms with E-state index in [0.29, 0.717) is 23.0 Å². The lowest BCUT2D eigenvalue weighted by Crippen LogP contribution is -1.92. The number of aromatic nitrogens is 10. The van der Waals surface area contributed by atoms with E-state index >= 15 is 0 Å². The fraction of sp³-hybridized carbons (Fsp3) is 0. The predicted molar refractivity (Wildman–Crippen MR) is 188 cm³/mol. The largest absolute Gasteiger partial charge is 0.336 e. The van der Waals surface area contributed by atoms with Crippen LogP contribution in [0.25, 0.3) is 111 Å². The van der Waals surface area contributed by atoms with Crippen molar-refractivity contribution in [1.82, 2.24) is 49.8 Å². The van der Waals surface area contributed by atoms with Crippen LogP contribution in [-0.4, -0.2) is 49.8 Å². The van der Waals surface area contributed by atoms with E-state index in [0.717, 1.165) is 87.5 Å². The molecule has 0 atom stereocenters. The molecule has 0 aliphatic heterocycles. The van der Waals surface area contributed by atoms with Gasteiger partial charge in [-0.05, 0) is 60.7 Å². The van der Waals surface area contributed by atoms with Crippen molar-refractivity contribution in [3.05, 3.63) is 110 Å². The van der Waals surface area contributed by atoms with Crippen molar-refractivity contribution in [2.24, 2.45) is 0 Å². The molecule has 0 aliphatic carbocycles. The molecule has 48 heavy (non-hydrogen) atoms. The molecular weight excluding hydrogens is 596 g/mol. The zero-order valence-electron chi connectivity index (χ0n) is 25.0. The average molecular weight is 617 g/mol. The molecule has 0 unspecified atom stereocenters. The van der Waals surface area contributed by atoms with Crippen LogP contribution in [0, 0.1) is 0 Å². The number of nitrogens with zero attached hydrogens (tertiary/aromatic N) is 8. The summed E-state index contributed by atoms with van der Waals surface area (Å²) in [4.78, 5) is 46.1. The summed E-state index contributed by atoms with van der Waals surface area (Å²) in [5.74, 6) is 1.33. The summed E-state index contributed by atoms with van der Waals surface area (Å²) in [5, 5.41) is 5.78. The minimum atomic E-state index is 0.667. The zero-order valence-corrected chi connectivity index (χ0v) is 25.0. The molecular formula is C38H20N10. The van der Waals surface area contributed by atoms with E-state index in [2.05, 4.69) is 54.2 Å². The maximum Gasteiger partial charge on any atom is 0.157 e. The SMILES string of the molecule is c1cnc2c(c1)c1nc(-c3ccc4ccc5ccc(-c6nc7c8cccnc8c8ncccc8c7[nH]6)nc5c4n3)[nH]c1c1cccnc12. The Morgan fingerprint density at radius 2 is 0.708 bits per heavy atom. The van der Waals surface area contributed by atoms with Gasteiger partial charge in [0.15, 0.2) is 11.6 Å². The van der Waals surface area contributed by atoms with E-state index in [4.69, 9.17) is 19.9 Å². The minimum Gasteiger partial charge on any atom is -0.336 e. The second kappa shape index (κ2) is 9.30. The van der Waals surface area contributed by atoms with Gasteiger partial charge in [0.05, 0.1) is 55.2 Å². The Labute approximate surface area is 269 Å². The molecule has 0 saturated heterocycles. The molecule has 8 aromatic heterocycles. The highest BCUT2D eigenvalue weighted by atomic mass is 15.0. The van der Waals surface area contributed by atoms with E-state index < -0.39 is 0 Å². The van der Waals surface area contributed by atoms with Crippen molar-refractivity contribution in [3.63, 3.8) is 0 Å². The highest BCUT2D eigenvalue weighted by Crippen LogP contribution is 2.36. The number of fused-ring (bicyclic) bond motifs is 15. The van der Waals surface area contributed by atoms with Crippen LogP contribution >= 0.6 is 0 Å². The summed E-state index contributed by atoms with van der Waals surface area (Å²) in [7, 11) is 0. The second-order valence-corrected chi connectivity index (χ2v) is 11.8. The summed E-state index contributed by atoms with van der Waals surface area (Å²) < 4.78 is 0. The Balaban J connectivity index is 1.12. The molecule has 0 bridgehead atoms. The third kappa shape index (κ3) is 3.45. The molecule has 2 N–H and O–H groups in total. The zero-order chi connectivity index (χ0) is 31.3. The second-order valence-electron chi connectivity index (χ2n) is 11.8. The van der Waals surface area contributed by atoms with Crippen molar-refractivity contribution < 1.29 is 0 Å². The van der Waals surface area contributed by atoms with Crippen LogP contribution in [0.1, 0.15) is 0 Å². The van der Waals surface area contributed by atoms with Gasteiger partial charge in [0.25, 0.3) is 0 Å². The molecule has 11 aromatic rings. The van der Waals surface area contributed by atoms with E-state index in [1.807, 2.05) is 60.7 Å². The Bertz CT molecular complexity index is 2780. The lowest BCUT2D eigenvalue weighted by molar-refractivity contribution is 1.26. The first-order valence-corrected chi connectivity index (χ1v) is 15.5. The van der Waals surface area contributed by atoms with Crippen molar-refractivity contribution in [2.45, 2.75) is 0 Å².